The first-order valence-electron chi connectivity index (χ1n) is 7.90. The second-order valence-corrected chi connectivity index (χ2v) is 6.37. The van der Waals surface area contributed by atoms with Crippen molar-refractivity contribution in [2.24, 2.45) is 0 Å². The molecule has 26 heavy (non-hydrogen) atoms. The maximum Gasteiger partial charge on any atom is 0.243 e. The summed E-state index contributed by atoms with van der Waals surface area (Å²) in [5, 5.41) is 3.09. The van der Waals surface area contributed by atoms with Gasteiger partial charge in [-0.05, 0) is 18.1 Å². The molecular weight excluding hydrogens is 354 g/mol. The van der Waals surface area contributed by atoms with Crippen LogP contribution in [0.15, 0.2) is 29.4 Å². The Labute approximate surface area is 155 Å². The van der Waals surface area contributed by atoms with E-state index in [9.17, 15) is 9.59 Å². The van der Waals surface area contributed by atoms with E-state index in [0.717, 1.165) is 29.4 Å². The van der Waals surface area contributed by atoms with Crippen LogP contribution in [0.5, 0.6) is 0 Å². The third-order valence-corrected chi connectivity index (χ3v) is 4.29. The van der Waals surface area contributed by atoms with E-state index in [4.69, 9.17) is 11.5 Å². The standard InChI is InChI=1S/C16H21N7O2S/c1-3-10-6-4-5-7-11(10)19-12(24)8-23(2)13(25)9-26-16-21-14(17)20-15(18)22-16/h4-7H,3,8-9H2,1-2H3,(H,19,24)(H4,17,18,20,21,22). The number of hydrogen-bond donors (Lipinski definition) is 3. The van der Waals surface area contributed by atoms with E-state index in [1.807, 2.05) is 31.2 Å². The minimum atomic E-state index is -0.264. The molecule has 0 saturated carbocycles. The molecule has 0 spiro atoms. The Morgan fingerprint density at radius 1 is 1.15 bits per heavy atom. The number of nitrogens with zero attached hydrogens (tertiary/aromatic N) is 4. The normalized spacial score (nSPS) is 10.4. The van der Waals surface area contributed by atoms with Gasteiger partial charge in [0.15, 0.2) is 5.16 Å². The Bertz CT molecular complexity index is 780. The van der Waals surface area contributed by atoms with E-state index in [-0.39, 0.29) is 41.2 Å². The smallest absolute Gasteiger partial charge is 0.243 e. The number of carbonyl (C=O) groups excluding carboxylic acids is 2. The average molecular weight is 375 g/mol. The van der Waals surface area contributed by atoms with Crippen molar-refractivity contribution in [3.05, 3.63) is 29.8 Å². The molecule has 1 aromatic carbocycles. The molecule has 138 valence electrons. The van der Waals surface area contributed by atoms with Gasteiger partial charge in [-0.25, -0.2) is 0 Å². The van der Waals surface area contributed by atoms with Crippen molar-refractivity contribution in [1.29, 1.82) is 0 Å². The van der Waals surface area contributed by atoms with Gasteiger partial charge < -0.3 is 21.7 Å². The fourth-order valence-corrected chi connectivity index (χ4v) is 2.92. The first-order chi connectivity index (χ1) is 12.4. The zero-order valence-corrected chi connectivity index (χ0v) is 15.4. The minimum absolute atomic E-state index is 0.00484. The Morgan fingerprint density at radius 2 is 1.81 bits per heavy atom. The molecule has 2 rings (SSSR count). The fraction of sp³-hybridized carbons (Fsp3) is 0.312. The van der Waals surface area contributed by atoms with Gasteiger partial charge in [-0.1, -0.05) is 36.9 Å². The fourth-order valence-electron chi connectivity index (χ4n) is 2.13. The molecule has 0 bridgehead atoms. The lowest BCUT2D eigenvalue weighted by Crippen LogP contribution is -2.36. The van der Waals surface area contributed by atoms with Crippen LogP contribution in [-0.4, -0.2) is 51.0 Å². The summed E-state index contributed by atoms with van der Waals surface area (Å²) in [6.07, 6.45) is 0.806. The van der Waals surface area contributed by atoms with Crippen molar-refractivity contribution < 1.29 is 9.59 Å². The molecule has 2 amide bonds. The number of nitrogens with one attached hydrogen (secondary N) is 1. The van der Waals surface area contributed by atoms with Crippen LogP contribution < -0.4 is 16.8 Å². The van der Waals surface area contributed by atoms with E-state index < -0.39 is 0 Å². The van der Waals surface area contributed by atoms with Crippen molar-refractivity contribution in [2.45, 2.75) is 18.5 Å². The molecule has 0 unspecified atom stereocenters. The van der Waals surface area contributed by atoms with Gasteiger partial charge in [0.05, 0.1) is 12.3 Å². The van der Waals surface area contributed by atoms with E-state index in [2.05, 4.69) is 20.3 Å². The highest BCUT2D eigenvalue weighted by molar-refractivity contribution is 7.99. The molecule has 1 aromatic heterocycles. The van der Waals surface area contributed by atoms with E-state index in [1.54, 1.807) is 7.05 Å². The van der Waals surface area contributed by atoms with Crippen molar-refractivity contribution in [3.63, 3.8) is 0 Å². The first kappa shape index (κ1) is 19.4. The monoisotopic (exact) mass is 375 g/mol. The largest absolute Gasteiger partial charge is 0.368 e. The SMILES string of the molecule is CCc1ccccc1NC(=O)CN(C)C(=O)CSc1nc(N)nc(N)n1. The highest BCUT2D eigenvalue weighted by atomic mass is 32.2. The van der Waals surface area contributed by atoms with Crippen molar-refractivity contribution in [3.8, 4) is 0 Å². The van der Waals surface area contributed by atoms with Crippen LogP contribution in [0.25, 0.3) is 0 Å². The van der Waals surface area contributed by atoms with Gasteiger partial charge in [0.25, 0.3) is 0 Å². The summed E-state index contributed by atoms with van der Waals surface area (Å²) in [4.78, 5) is 37.1. The van der Waals surface area contributed by atoms with Gasteiger partial charge in [0.2, 0.25) is 23.7 Å². The summed E-state index contributed by atoms with van der Waals surface area (Å²) < 4.78 is 0. The van der Waals surface area contributed by atoms with Crippen LogP contribution in [0.3, 0.4) is 0 Å². The molecule has 0 aliphatic carbocycles. The van der Waals surface area contributed by atoms with Gasteiger partial charge >= 0.3 is 0 Å². The minimum Gasteiger partial charge on any atom is -0.368 e. The van der Waals surface area contributed by atoms with Crippen LogP contribution in [-0.2, 0) is 16.0 Å². The quantitative estimate of drug-likeness (QED) is 0.603. The lowest BCUT2D eigenvalue weighted by molar-refractivity contribution is -0.131. The highest BCUT2D eigenvalue weighted by Crippen LogP contribution is 2.16. The van der Waals surface area contributed by atoms with E-state index in [0.29, 0.717) is 0 Å². The van der Waals surface area contributed by atoms with Crippen LogP contribution in [0, 0.1) is 0 Å². The zero-order chi connectivity index (χ0) is 19.1. The zero-order valence-electron chi connectivity index (χ0n) is 14.6. The molecule has 0 radical (unpaired) electrons. The number of rotatable bonds is 7. The van der Waals surface area contributed by atoms with Crippen molar-refractivity contribution >= 4 is 41.2 Å². The molecule has 0 aliphatic heterocycles. The second-order valence-electron chi connectivity index (χ2n) is 5.43. The molecule has 0 saturated heterocycles. The number of carbonyl (C=O) groups is 2. The van der Waals surface area contributed by atoms with Crippen molar-refractivity contribution in [2.75, 3.05) is 36.1 Å². The molecule has 1 heterocycles. The first-order valence-corrected chi connectivity index (χ1v) is 8.89. The molecule has 10 heteroatoms. The Kier molecular flexibility index (Phi) is 6.73. The van der Waals surface area contributed by atoms with Gasteiger partial charge in [-0.15, -0.1) is 0 Å². The number of thioether (sulfide) groups is 1. The topological polar surface area (TPSA) is 140 Å². The summed E-state index contributed by atoms with van der Waals surface area (Å²) in [5.74, 6) is -0.463. The Morgan fingerprint density at radius 3 is 2.46 bits per heavy atom. The summed E-state index contributed by atoms with van der Waals surface area (Å²) in [7, 11) is 1.56. The van der Waals surface area contributed by atoms with Crippen molar-refractivity contribution in [1.82, 2.24) is 19.9 Å². The van der Waals surface area contributed by atoms with Crippen LogP contribution in [0.4, 0.5) is 17.6 Å². The Hall–Kier alpha value is -2.88. The van der Waals surface area contributed by atoms with E-state index in [1.165, 1.54) is 4.90 Å². The molecule has 5 N–H and O–H groups in total. The number of benzene rings is 1. The van der Waals surface area contributed by atoms with Crippen LogP contribution in [0.1, 0.15) is 12.5 Å². The van der Waals surface area contributed by atoms with Gasteiger partial charge in [-0.2, -0.15) is 15.0 Å². The van der Waals surface area contributed by atoms with E-state index >= 15 is 0 Å². The molecule has 0 atom stereocenters. The summed E-state index contributed by atoms with van der Waals surface area (Å²) in [6.45, 7) is 1.96. The number of hydrogen-bond acceptors (Lipinski definition) is 8. The number of aryl methyl sites for hydroxylation is 1. The number of nitrogens with two attached hydrogens (primary N) is 2. The number of nitrogen functional groups attached to an aromatic ring is 2. The molecule has 9 nitrogen and oxygen atoms in total. The predicted octanol–water partition coefficient (Wildman–Crippen LogP) is 0.788. The molecular formula is C16H21N7O2S. The van der Waals surface area contributed by atoms with Gasteiger partial charge in [0, 0.05) is 12.7 Å². The number of anilines is 3. The lowest BCUT2D eigenvalue weighted by atomic mass is 10.1. The van der Waals surface area contributed by atoms with Crippen LogP contribution in [0.2, 0.25) is 0 Å². The number of likely N-dealkylation sites (N-methyl/N-ethyl adjacent to an activating group) is 1. The maximum atomic E-state index is 12.2. The summed E-state index contributed by atoms with van der Waals surface area (Å²) in [5.41, 5.74) is 12.8. The van der Waals surface area contributed by atoms with Gasteiger partial charge in [-0.3, -0.25) is 9.59 Å². The Balaban J connectivity index is 1.87. The number of aromatic nitrogens is 3. The summed E-state index contributed by atoms with van der Waals surface area (Å²) in [6, 6.07) is 7.56. The second kappa shape index (κ2) is 8.99. The van der Waals surface area contributed by atoms with Crippen LogP contribution >= 0.6 is 11.8 Å². The molecule has 0 fully saturated rings. The third kappa shape index (κ3) is 5.59. The molecule has 2 aromatic rings. The lowest BCUT2D eigenvalue weighted by Gasteiger charge is -2.17. The number of para-hydroxylation sites is 1. The highest BCUT2D eigenvalue weighted by Gasteiger charge is 2.15. The predicted molar refractivity (Wildman–Crippen MR) is 101 cm³/mol. The number of amides is 2. The van der Waals surface area contributed by atoms with Gasteiger partial charge in [0.1, 0.15) is 0 Å². The summed E-state index contributed by atoms with van der Waals surface area (Å²) >= 11 is 1.08. The molecule has 0 aliphatic rings. The maximum absolute atomic E-state index is 12.2. The third-order valence-electron chi connectivity index (χ3n) is 3.45. The average Bonchev–Trinajstić information content (AvgIpc) is 2.59.